The summed E-state index contributed by atoms with van der Waals surface area (Å²) in [5.41, 5.74) is 1.01. The molecule has 0 aromatic heterocycles. The number of hydrogen-bond donors (Lipinski definition) is 2. The molecule has 21 heavy (non-hydrogen) atoms. The van der Waals surface area contributed by atoms with E-state index in [1.165, 1.54) is 0 Å². The van der Waals surface area contributed by atoms with Gasteiger partial charge in [0.15, 0.2) is 0 Å². The van der Waals surface area contributed by atoms with E-state index in [2.05, 4.69) is 17.1 Å². The SMILES string of the molecule is CC1CCN(C(C(=O)NC2CC2)c2ccccc2)CC1O. The molecule has 2 fully saturated rings. The lowest BCUT2D eigenvalue weighted by molar-refractivity contribution is -0.128. The van der Waals surface area contributed by atoms with Crippen LogP contribution in [-0.4, -0.2) is 41.1 Å². The summed E-state index contributed by atoms with van der Waals surface area (Å²) in [5.74, 6) is 0.384. The first-order valence-corrected chi connectivity index (χ1v) is 7.92. The molecule has 1 aromatic rings. The highest BCUT2D eigenvalue weighted by atomic mass is 16.3. The van der Waals surface area contributed by atoms with Crippen LogP contribution in [0.4, 0.5) is 0 Å². The molecular formula is C17H24N2O2. The van der Waals surface area contributed by atoms with Crippen LogP contribution in [0.5, 0.6) is 0 Å². The number of hydrogen-bond acceptors (Lipinski definition) is 3. The van der Waals surface area contributed by atoms with Crippen LogP contribution in [0.1, 0.15) is 37.8 Å². The molecule has 3 unspecified atom stereocenters. The van der Waals surface area contributed by atoms with Crippen LogP contribution in [0.3, 0.4) is 0 Å². The fourth-order valence-electron chi connectivity index (χ4n) is 2.98. The molecule has 1 heterocycles. The number of likely N-dealkylation sites (tertiary alicyclic amines) is 1. The van der Waals surface area contributed by atoms with Crippen LogP contribution >= 0.6 is 0 Å². The van der Waals surface area contributed by atoms with Crippen LogP contribution in [0.25, 0.3) is 0 Å². The van der Waals surface area contributed by atoms with Gasteiger partial charge >= 0.3 is 0 Å². The Bertz CT molecular complexity index is 487. The second kappa shape index (κ2) is 6.16. The number of rotatable bonds is 4. The van der Waals surface area contributed by atoms with Gasteiger partial charge < -0.3 is 10.4 Å². The molecule has 4 nitrogen and oxygen atoms in total. The highest BCUT2D eigenvalue weighted by Gasteiger charge is 2.35. The van der Waals surface area contributed by atoms with Gasteiger partial charge in [-0.1, -0.05) is 37.3 Å². The maximum atomic E-state index is 12.6. The van der Waals surface area contributed by atoms with Crippen molar-refractivity contribution in [3.63, 3.8) is 0 Å². The average molecular weight is 288 g/mol. The van der Waals surface area contributed by atoms with Gasteiger partial charge in [-0.2, -0.15) is 0 Å². The van der Waals surface area contributed by atoms with E-state index in [4.69, 9.17) is 0 Å². The molecule has 1 aliphatic heterocycles. The van der Waals surface area contributed by atoms with Gasteiger partial charge in [-0.15, -0.1) is 0 Å². The first-order valence-electron chi connectivity index (χ1n) is 7.92. The normalized spacial score (nSPS) is 28.1. The Hall–Kier alpha value is -1.39. The molecule has 0 bridgehead atoms. The molecule has 1 saturated heterocycles. The first-order chi connectivity index (χ1) is 10.1. The van der Waals surface area contributed by atoms with Crippen LogP contribution in [0.15, 0.2) is 30.3 Å². The number of nitrogens with one attached hydrogen (secondary N) is 1. The standard InChI is InChI=1S/C17H24N2O2/c1-12-9-10-19(11-15(12)20)16(13-5-3-2-4-6-13)17(21)18-14-7-8-14/h2-6,12,14-16,20H,7-11H2,1H3,(H,18,21). The zero-order chi connectivity index (χ0) is 14.8. The van der Waals surface area contributed by atoms with Gasteiger partial charge in [-0.05, 0) is 37.3 Å². The zero-order valence-electron chi connectivity index (χ0n) is 12.5. The van der Waals surface area contributed by atoms with Crippen molar-refractivity contribution < 1.29 is 9.90 Å². The number of amides is 1. The minimum absolute atomic E-state index is 0.0745. The van der Waals surface area contributed by atoms with Crippen molar-refractivity contribution in [2.75, 3.05) is 13.1 Å². The van der Waals surface area contributed by atoms with Gasteiger partial charge in [0.25, 0.3) is 0 Å². The molecule has 2 aliphatic rings. The smallest absolute Gasteiger partial charge is 0.242 e. The van der Waals surface area contributed by atoms with E-state index in [0.717, 1.165) is 31.4 Å². The fraction of sp³-hybridized carbons (Fsp3) is 0.588. The number of nitrogens with zero attached hydrogens (tertiary/aromatic N) is 1. The molecule has 1 amide bonds. The number of carbonyl (C=O) groups is 1. The van der Waals surface area contributed by atoms with Crippen LogP contribution < -0.4 is 5.32 Å². The molecule has 1 saturated carbocycles. The van der Waals surface area contributed by atoms with E-state index in [1.807, 2.05) is 30.3 Å². The summed E-state index contributed by atoms with van der Waals surface area (Å²) >= 11 is 0. The molecule has 1 aliphatic carbocycles. The second-order valence-electron chi connectivity index (χ2n) is 6.42. The minimum atomic E-state index is -0.348. The summed E-state index contributed by atoms with van der Waals surface area (Å²) in [7, 11) is 0. The Morgan fingerprint density at radius 2 is 2.00 bits per heavy atom. The lowest BCUT2D eigenvalue weighted by Gasteiger charge is -2.38. The number of aliphatic hydroxyl groups excluding tert-OH is 1. The van der Waals surface area contributed by atoms with E-state index in [1.54, 1.807) is 0 Å². The third kappa shape index (κ3) is 3.44. The van der Waals surface area contributed by atoms with Gasteiger partial charge in [0.05, 0.1) is 6.10 Å². The van der Waals surface area contributed by atoms with Crippen LogP contribution in [0, 0.1) is 5.92 Å². The Balaban J connectivity index is 1.79. The Morgan fingerprint density at radius 1 is 1.29 bits per heavy atom. The van der Waals surface area contributed by atoms with Gasteiger partial charge in [0, 0.05) is 12.6 Å². The lowest BCUT2D eigenvalue weighted by atomic mass is 9.93. The number of benzene rings is 1. The lowest BCUT2D eigenvalue weighted by Crippen LogP contribution is -2.49. The summed E-state index contributed by atoms with van der Waals surface area (Å²) in [6.07, 6.45) is 2.76. The largest absolute Gasteiger partial charge is 0.392 e. The summed E-state index contributed by atoms with van der Waals surface area (Å²) in [5, 5.41) is 13.3. The van der Waals surface area contributed by atoms with Crippen LogP contribution in [-0.2, 0) is 4.79 Å². The summed E-state index contributed by atoms with van der Waals surface area (Å²) in [6, 6.07) is 9.98. The quantitative estimate of drug-likeness (QED) is 0.887. The van der Waals surface area contributed by atoms with E-state index in [-0.39, 0.29) is 18.1 Å². The molecular weight excluding hydrogens is 264 g/mol. The van der Waals surface area contributed by atoms with Crippen molar-refractivity contribution in [2.45, 2.75) is 44.4 Å². The predicted molar refractivity (Wildman–Crippen MR) is 81.7 cm³/mol. The third-order valence-electron chi connectivity index (χ3n) is 4.60. The van der Waals surface area contributed by atoms with Crippen molar-refractivity contribution in [3.8, 4) is 0 Å². The van der Waals surface area contributed by atoms with Crippen molar-refractivity contribution in [3.05, 3.63) is 35.9 Å². The van der Waals surface area contributed by atoms with Crippen molar-refractivity contribution >= 4 is 5.91 Å². The summed E-state index contributed by atoms with van der Waals surface area (Å²) in [4.78, 5) is 14.8. The topological polar surface area (TPSA) is 52.6 Å². The summed E-state index contributed by atoms with van der Waals surface area (Å²) < 4.78 is 0. The van der Waals surface area contributed by atoms with E-state index in [9.17, 15) is 9.90 Å². The Labute approximate surface area is 126 Å². The molecule has 1 aromatic carbocycles. The summed E-state index contributed by atoms with van der Waals surface area (Å²) in [6.45, 7) is 3.50. The average Bonchev–Trinajstić information content (AvgIpc) is 3.28. The van der Waals surface area contributed by atoms with Gasteiger partial charge in [-0.25, -0.2) is 0 Å². The second-order valence-corrected chi connectivity index (χ2v) is 6.42. The maximum absolute atomic E-state index is 12.6. The molecule has 2 N–H and O–H groups in total. The predicted octanol–water partition coefficient (Wildman–Crippen LogP) is 1.71. The molecule has 3 atom stereocenters. The number of aliphatic hydroxyl groups is 1. The highest BCUT2D eigenvalue weighted by molar-refractivity contribution is 5.83. The van der Waals surface area contributed by atoms with E-state index in [0.29, 0.717) is 18.5 Å². The van der Waals surface area contributed by atoms with E-state index >= 15 is 0 Å². The Kier molecular flexibility index (Phi) is 4.27. The molecule has 0 spiro atoms. The zero-order valence-corrected chi connectivity index (χ0v) is 12.5. The molecule has 0 radical (unpaired) electrons. The minimum Gasteiger partial charge on any atom is -0.392 e. The van der Waals surface area contributed by atoms with Crippen molar-refractivity contribution in [1.82, 2.24) is 10.2 Å². The van der Waals surface area contributed by atoms with Gasteiger partial charge in [0.2, 0.25) is 5.91 Å². The van der Waals surface area contributed by atoms with Crippen molar-refractivity contribution in [2.24, 2.45) is 5.92 Å². The molecule has 4 heteroatoms. The van der Waals surface area contributed by atoms with Gasteiger partial charge in [0.1, 0.15) is 6.04 Å². The Morgan fingerprint density at radius 3 is 2.62 bits per heavy atom. The van der Waals surface area contributed by atoms with Crippen LogP contribution in [0.2, 0.25) is 0 Å². The monoisotopic (exact) mass is 288 g/mol. The molecule has 3 rings (SSSR count). The molecule has 114 valence electrons. The third-order valence-corrected chi connectivity index (χ3v) is 4.60. The van der Waals surface area contributed by atoms with E-state index < -0.39 is 0 Å². The number of β-amino-alcohol motifs (C(OH)–C–C–N with tert-alkyl or cyclic N) is 1. The van der Waals surface area contributed by atoms with Gasteiger partial charge in [-0.3, -0.25) is 9.69 Å². The highest BCUT2D eigenvalue weighted by Crippen LogP contribution is 2.28. The number of piperidine rings is 1. The maximum Gasteiger partial charge on any atom is 0.242 e. The fourth-order valence-corrected chi connectivity index (χ4v) is 2.98. The van der Waals surface area contributed by atoms with Crippen molar-refractivity contribution in [1.29, 1.82) is 0 Å². The first kappa shape index (κ1) is 14.5. The number of carbonyl (C=O) groups excluding carboxylic acids is 1.